The van der Waals surface area contributed by atoms with Gasteiger partial charge >= 0.3 is 0 Å². The Morgan fingerprint density at radius 3 is 2.48 bits per heavy atom. The van der Waals surface area contributed by atoms with Gasteiger partial charge in [0.25, 0.3) is 10.0 Å². The number of hydrogen-bond acceptors (Lipinski definition) is 6. The predicted octanol–water partition coefficient (Wildman–Crippen LogP) is 3.14. The van der Waals surface area contributed by atoms with Gasteiger partial charge in [0, 0.05) is 12.6 Å². The van der Waals surface area contributed by atoms with Crippen LogP contribution >= 0.6 is 0 Å². The number of ether oxygens (including phenoxy) is 2. The van der Waals surface area contributed by atoms with Crippen molar-refractivity contribution in [1.82, 2.24) is 4.83 Å². The van der Waals surface area contributed by atoms with Gasteiger partial charge in [-0.1, -0.05) is 13.3 Å². The van der Waals surface area contributed by atoms with Crippen molar-refractivity contribution in [2.24, 2.45) is 5.10 Å². The fraction of sp³-hybridized carbons (Fsp3) is 0.300. The molecular formula is C20H25N3O5S. The van der Waals surface area contributed by atoms with E-state index in [1.54, 1.807) is 18.2 Å². The van der Waals surface area contributed by atoms with Gasteiger partial charge in [0.2, 0.25) is 5.91 Å². The number of sulfonamides is 1. The molecule has 2 N–H and O–H groups in total. The number of benzene rings is 2. The van der Waals surface area contributed by atoms with Crippen molar-refractivity contribution in [1.29, 1.82) is 0 Å². The third-order valence-corrected chi connectivity index (χ3v) is 5.05. The van der Waals surface area contributed by atoms with Gasteiger partial charge in [0.15, 0.2) is 11.5 Å². The van der Waals surface area contributed by atoms with E-state index < -0.39 is 10.0 Å². The third kappa shape index (κ3) is 6.79. The van der Waals surface area contributed by atoms with Gasteiger partial charge in [-0.05, 0) is 54.4 Å². The summed E-state index contributed by atoms with van der Waals surface area (Å²) in [4.78, 5) is 13.2. The van der Waals surface area contributed by atoms with Gasteiger partial charge in [-0.25, -0.2) is 4.83 Å². The van der Waals surface area contributed by atoms with Crippen molar-refractivity contribution in [3.8, 4) is 11.5 Å². The highest BCUT2D eigenvalue weighted by Gasteiger charge is 2.12. The van der Waals surface area contributed by atoms with Gasteiger partial charge < -0.3 is 14.8 Å². The summed E-state index contributed by atoms with van der Waals surface area (Å²) in [6.07, 6.45) is 3.35. The number of nitrogens with zero attached hydrogens (tertiary/aromatic N) is 1. The maximum atomic E-state index is 12.3. The predicted molar refractivity (Wildman–Crippen MR) is 112 cm³/mol. The third-order valence-electron chi connectivity index (χ3n) is 3.81. The number of amides is 1. The van der Waals surface area contributed by atoms with Crippen LogP contribution in [0.25, 0.3) is 0 Å². The number of unbranched alkanes of at least 4 members (excludes halogenated alkanes) is 1. The first-order chi connectivity index (χ1) is 13.9. The molecule has 0 aliphatic rings. The maximum absolute atomic E-state index is 12.3. The normalized spacial score (nSPS) is 11.3. The lowest BCUT2D eigenvalue weighted by Crippen LogP contribution is -2.18. The Labute approximate surface area is 171 Å². The smallest absolute Gasteiger partial charge is 0.276 e. The molecular weight excluding hydrogens is 394 g/mol. The molecule has 0 saturated carbocycles. The lowest BCUT2D eigenvalue weighted by Gasteiger charge is -2.10. The topological polar surface area (TPSA) is 106 Å². The SMILES string of the molecule is CCCCOc1ccc(C=NNS(=O)(=O)c2ccc(NC(C)=O)cc2)cc1OC. The first-order valence-electron chi connectivity index (χ1n) is 9.09. The minimum atomic E-state index is -3.83. The van der Waals surface area contributed by atoms with Crippen LogP contribution in [0.4, 0.5) is 5.69 Å². The van der Waals surface area contributed by atoms with Crippen LogP contribution in [0.1, 0.15) is 32.3 Å². The highest BCUT2D eigenvalue weighted by Crippen LogP contribution is 2.27. The number of anilines is 1. The molecule has 0 spiro atoms. The van der Waals surface area contributed by atoms with Crippen LogP contribution in [0.3, 0.4) is 0 Å². The second kappa shape index (κ2) is 10.5. The molecule has 156 valence electrons. The van der Waals surface area contributed by atoms with Crippen LogP contribution in [-0.4, -0.2) is 34.3 Å². The van der Waals surface area contributed by atoms with Crippen molar-refractivity contribution in [2.45, 2.75) is 31.6 Å². The van der Waals surface area contributed by atoms with Crippen LogP contribution in [0.2, 0.25) is 0 Å². The van der Waals surface area contributed by atoms with Crippen LogP contribution in [0, 0.1) is 0 Å². The maximum Gasteiger partial charge on any atom is 0.276 e. The highest BCUT2D eigenvalue weighted by molar-refractivity contribution is 7.89. The summed E-state index contributed by atoms with van der Waals surface area (Å²) >= 11 is 0. The summed E-state index contributed by atoms with van der Waals surface area (Å²) in [6.45, 7) is 4.05. The molecule has 2 aromatic rings. The summed E-state index contributed by atoms with van der Waals surface area (Å²) < 4.78 is 35.6. The van der Waals surface area contributed by atoms with Gasteiger partial charge in [-0.15, -0.1) is 0 Å². The first kappa shape index (κ1) is 22.2. The molecule has 0 unspecified atom stereocenters. The van der Waals surface area contributed by atoms with E-state index in [0.29, 0.717) is 29.4 Å². The van der Waals surface area contributed by atoms with Crippen molar-refractivity contribution in [2.75, 3.05) is 19.0 Å². The zero-order valence-electron chi connectivity index (χ0n) is 16.6. The fourth-order valence-corrected chi connectivity index (χ4v) is 3.15. The molecule has 2 rings (SSSR count). The van der Waals surface area contributed by atoms with Crippen LogP contribution in [0.5, 0.6) is 11.5 Å². The Morgan fingerprint density at radius 1 is 1.14 bits per heavy atom. The molecule has 0 aliphatic heterocycles. The molecule has 1 amide bonds. The molecule has 8 nitrogen and oxygen atoms in total. The van der Waals surface area contributed by atoms with Crippen molar-refractivity contribution < 1.29 is 22.7 Å². The minimum absolute atomic E-state index is 0.0287. The van der Waals surface area contributed by atoms with E-state index in [9.17, 15) is 13.2 Å². The number of hydrogen-bond donors (Lipinski definition) is 2. The highest BCUT2D eigenvalue weighted by atomic mass is 32.2. The number of carbonyl (C=O) groups is 1. The summed E-state index contributed by atoms with van der Waals surface area (Å²) in [5, 5.41) is 6.39. The zero-order chi connectivity index (χ0) is 21.3. The van der Waals surface area contributed by atoms with E-state index in [1.165, 1.54) is 44.5 Å². The summed E-state index contributed by atoms with van der Waals surface area (Å²) in [6, 6.07) is 11.0. The molecule has 9 heteroatoms. The second-order valence-corrected chi connectivity index (χ2v) is 7.83. The fourth-order valence-electron chi connectivity index (χ4n) is 2.35. The van der Waals surface area contributed by atoms with Gasteiger partial charge in [-0.3, -0.25) is 4.79 Å². The average molecular weight is 420 g/mol. The Kier molecular flexibility index (Phi) is 8.02. The van der Waals surface area contributed by atoms with E-state index in [4.69, 9.17) is 9.47 Å². The molecule has 0 heterocycles. The van der Waals surface area contributed by atoms with Crippen LogP contribution in [-0.2, 0) is 14.8 Å². The van der Waals surface area contributed by atoms with E-state index in [-0.39, 0.29) is 10.8 Å². The molecule has 0 aliphatic carbocycles. The molecule has 0 fully saturated rings. The molecule has 0 bridgehead atoms. The quantitative estimate of drug-likeness (QED) is 0.350. The first-order valence-corrected chi connectivity index (χ1v) is 10.6. The summed E-state index contributed by atoms with van der Waals surface area (Å²) in [7, 11) is -2.29. The van der Waals surface area contributed by atoms with E-state index in [2.05, 4.69) is 22.2 Å². The zero-order valence-corrected chi connectivity index (χ0v) is 17.5. The second-order valence-electron chi connectivity index (χ2n) is 6.17. The minimum Gasteiger partial charge on any atom is -0.493 e. The van der Waals surface area contributed by atoms with E-state index in [0.717, 1.165) is 12.8 Å². The van der Waals surface area contributed by atoms with E-state index >= 15 is 0 Å². The lowest BCUT2D eigenvalue weighted by atomic mass is 10.2. The molecule has 0 aromatic heterocycles. The Morgan fingerprint density at radius 2 is 1.86 bits per heavy atom. The molecule has 0 atom stereocenters. The standard InChI is InChI=1S/C20H25N3O5S/c1-4-5-12-28-19-11-6-16(13-20(19)27-3)14-21-23-29(25,26)18-9-7-17(8-10-18)22-15(2)24/h6-11,13-14,23H,4-5,12H2,1-3H3,(H,22,24). The Balaban J connectivity index is 2.04. The van der Waals surface area contributed by atoms with Crippen LogP contribution < -0.4 is 19.6 Å². The largest absolute Gasteiger partial charge is 0.493 e. The molecule has 2 aromatic carbocycles. The van der Waals surface area contributed by atoms with Gasteiger partial charge in [0.05, 0.1) is 24.8 Å². The number of methoxy groups -OCH3 is 1. The van der Waals surface area contributed by atoms with Crippen molar-refractivity contribution in [3.63, 3.8) is 0 Å². The molecule has 0 saturated heterocycles. The molecule has 29 heavy (non-hydrogen) atoms. The summed E-state index contributed by atoms with van der Waals surface area (Å²) in [5.41, 5.74) is 1.15. The van der Waals surface area contributed by atoms with Gasteiger partial charge in [-0.2, -0.15) is 13.5 Å². The monoisotopic (exact) mass is 419 g/mol. The van der Waals surface area contributed by atoms with Crippen LogP contribution in [0.15, 0.2) is 52.5 Å². The number of carbonyl (C=O) groups excluding carboxylic acids is 1. The van der Waals surface area contributed by atoms with Crippen molar-refractivity contribution in [3.05, 3.63) is 48.0 Å². The van der Waals surface area contributed by atoms with E-state index in [1.807, 2.05) is 0 Å². The lowest BCUT2D eigenvalue weighted by molar-refractivity contribution is -0.114. The molecule has 0 radical (unpaired) electrons. The number of hydrazone groups is 1. The Bertz CT molecular complexity index is 957. The number of rotatable bonds is 10. The summed E-state index contributed by atoms with van der Waals surface area (Å²) in [5.74, 6) is 0.931. The Hall–Kier alpha value is -3.07. The van der Waals surface area contributed by atoms with Crippen molar-refractivity contribution >= 4 is 27.8 Å². The average Bonchev–Trinajstić information content (AvgIpc) is 2.69. The van der Waals surface area contributed by atoms with Gasteiger partial charge in [0.1, 0.15) is 0 Å². The number of nitrogens with one attached hydrogen (secondary N) is 2.